The fraction of sp³-hybridized carbons (Fsp3) is 0. The first-order chi connectivity index (χ1) is 0. The van der Waals surface area contributed by atoms with Gasteiger partial charge in [-0.1, -0.05) is 0 Å². The molecule has 0 fully saturated rings. The van der Waals surface area contributed by atoms with Gasteiger partial charge >= 0.3 is 0 Å². The Morgan fingerprint density at radius 3 is 0.400 bits per heavy atom. The molecule has 0 aromatic rings. The number of hydrogen-bond acceptors (Lipinski definition) is 0. The van der Waals surface area contributed by atoms with Crippen molar-refractivity contribution in [1.29, 1.82) is 0 Å². The minimum atomic E-state index is 0. The second-order valence-corrected chi connectivity index (χ2v) is 0. The summed E-state index contributed by atoms with van der Waals surface area (Å²) in [5.41, 5.74) is 0. The maximum absolute atomic E-state index is 0. The maximum atomic E-state index is 0. The molecule has 0 aliphatic carbocycles. The van der Waals surface area contributed by atoms with E-state index in [2.05, 4.69) is 0 Å². The SMILES string of the molecule is [B].[B].[B].[B].[Tm]. The molecular weight excluding hydrogens is 212 g/mol. The van der Waals surface area contributed by atoms with Crippen molar-refractivity contribution in [2.24, 2.45) is 0 Å². The van der Waals surface area contributed by atoms with Crippen LogP contribution < -0.4 is 0 Å². The minimum Gasteiger partial charge on any atom is 0 e. The molecule has 0 aromatic heterocycles. The van der Waals surface area contributed by atoms with E-state index in [-0.39, 0.29) is 70.5 Å². The van der Waals surface area contributed by atoms with E-state index in [9.17, 15) is 0 Å². The second-order valence-electron chi connectivity index (χ2n) is 0. The van der Waals surface area contributed by atoms with Gasteiger partial charge in [0.05, 0.1) is 0 Å². The molecule has 0 nitrogen and oxygen atoms in total. The summed E-state index contributed by atoms with van der Waals surface area (Å²) in [6, 6.07) is 0. The van der Waals surface area contributed by atoms with Crippen molar-refractivity contribution >= 4 is 33.7 Å². The van der Waals surface area contributed by atoms with Gasteiger partial charge < -0.3 is 0 Å². The summed E-state index contributed by atoms with van der Waals surface area (Å²) in [6.45, 7) is 0. The Balaban J connectivity index is 0. The molecular formula is B4Tm. The average Bonchev–Trinajstić information content (AvgIpc) is 0. The van der Waals surface area contributed by atoms with E-state index in [1.54, 1.807) is 0 Å². The van der Waals surface area contributed by atoms with E-state index in [0.29, 0.717) is 0 Å². The Bertz CT molecular complexity index is 3.61. The topological polar surface area (TPSA) is 0 Å². The Morgan fingerprint density at radius 1 is 0.400 bits per heavy atom. The molecule has 0 rings (SSSR count). The molecule has 5 heavy (non-hydrogen) atoms. The van der Waals surface area contributed by atoms with Crippen LogP contribution in [0.15, 0.2) is 0 Å². The van der Waals surface area contributed by atoms with E-state index in [0.717, 1.165) is 0 Å². The van der Waals surface area contributed by atoms with Crippen molar-refractivity contribution in [2.75, 3.05) is 0 Å². The number of hydrogen-bond donors (Lipinski definition) is 0. The van der Waals surface area contributed by atoms with Gasteiger partial charge in [0.15, 0.2) is 0 Å². The zero-order valence-corrected chi connectivity index (χ0v) is 4.37. The quantitative estimate of drug-likeness (QED) is 0.428. The van der Waals surface area contributed by atoms with Gasteiger partial charge in [0.1, 0.15) is 0 Å². The normalized spacial score (nSPS) is 0. The van der Waals surface area contributed by atoms with Crippen LogP contribution >= 0.6 is 0 Å². The summed E-state index contributed by atoms with van der Waals surface area (Å²) in [5, 5.41) is 0. The molecule has 0 aliphatic heterocycles. The van der Waals surface area contributed by atoms with E-state index >= 15 is 0 Å². The molecule has 0 aliphatic rings. The van der Waals surface area contributed by atoms with Crippen LogP contribution in [-0.4, -0.2) is 33.7 Å². The summed E-state index contributed by atoms with van der Waals surface area (Å²) >= 11 is 0. The molecule has 0 N–H and O–H groups in total. The van der Waals surface area contributed by atoms with Gasteiger partial charge in [0.2, 0.25) is 0 Å². The molecule has 0 bridgehead atoms. The fourth-order valence-electron chi connectivity index (χ4n) is 0. The van der Waals surface area contributed by atoms with E-state index in [4.69, 9.17) is 0 Å². The maximum Gasteiger partial charge on any atom is 0 e. The minimum absolute atomic E-state index is 0. The monoisotopic (exact) mass is 213 g/mol. The molecule has 0 atom stereocenters. The van der Waals surface area contributed by atoms with Crippen molar-refractivity contribution in [1.82, 2.24) is 0 Å². The van der Waals surface area contributed by atoms with Gasteiger partial charge in [-0.05, 0) is 0 Å². The van der Waals surface area contributed by atoms with Gasteiger partial charge in [-0.25, -0.2) is 0 Å². The first-order valence-corrected chi connectivity index (χ1v) is 0. The first kappa shape index (κ1) is 87.9. The summed E-state index contributed by atoms with van der Waals surface area (Å²) in [6.07, 6.45) is 0. The molecule has 0 saturated heterocycles. The summed E-state index contributed by atoms with van der Waals surface area (Å²) < 4.78 is 0. The van der Waals surface area contributed by atoms with Gasteiger partial charge in [0.25, 0.3) is 0 Å². The van der Waals surface area contributed by atoms with Crippen LogP contribution in [0, 0.1) is 36.9 Å². The van der Waals surface area contributed by atoms with Gasteiger partial charge in [0, 0.05) is 70.5 Å². The summed E-state index contributed by atoms with van der Waals surface area (Å²) in [4.78, 5) is 0. The van der Waals surface area contributed by atoms with E-state index in [1.165, 1.54) is 0 Å². The number of rotatable bonds is 0. The third-order valence-corrected chi connectivity index (χ3v) is 0. The Morgan fingerprint density at radius 2 is 0.400 bits per heavy atom. The predicted molar refractivity (Wildman–Crippen MR) is 23.0 cm³/mol. The van der Waals surface area contributed by atoms with Crippen molar-refractivity contribution < 1.29 is 36.9 Å². The summed E-state index contributed by atoms with van der Waals surface area (Å²) in [7, 11) is 0. The molecule has 25 valence electrons. The van der Waals surface area contributed by atoms with Gasteiger partial charge in [-0.15, -0.1) is 0 Å². The smallest absolute Gasteiger partial charge is 0 e. The third-order valence-electron chi connectivity index (χ3n) is 0. The zero-order chi connectivity index (χ0) is 0. The van der Waals surface area contributed by atoms with Crippen LogP contribution in [0.4, 0.5) is 0 Å². The molecule has 0 spiro atoms. The Hall–Kier alpha value is 1.49. The molecule has 0 heterocycles. The first-order valence-electron chi connectivity index (χ1n) is 0. The van der Waals surface area contributed by atoms with Crippen molar-refractivity contribution in [3.8, 4) is 0 Å². The fourth-order valence-corrected chi connectivity index (χ4v) is 0. The van der Waals surface area contributed by atoms with E-state index in [1.807, 2.05) is 0 Å². The molecule has 0 saturated carbocycles. The largest absolute Gasteiger partial charge is 0 e. The summed E-state index contributed by atoms with van der Waals surface area (Å²) in [5.74, 6) is 0. The van der Waals surface area contributed by atoms with Crippen molar-refractivity contribution in [3.05, 3.63) is 0 Å². The molecule has 0 amide bonds. The standard InChI is InChI=1S/4B.Tm. The van der Waals surface area contributed by atoms with Crippen LogP contribution in [0.3, 0.4) is 0 Å². The molecule has 5 heteroatoms. The molecule has 0 unspecified atom stereocenters. The van der Waals surface area contributed by atoms with E-state index < -0.39 is 0 Å². The van der Waals surface area contributed by atoms with Gasteiger partial charge in [-0.3, -0.25) is 0 Å². The van der Waals surface area contributed by atoms with Crippen molar-refractivity contribution in [3.63, 3.8) is 0 Å². The van der Waals surface area contributed by atoms with Crippen LogP contribution in [0.1, 0.15) is 0 Å². The zero-order valence-electron chi connectivity index (χ0n) is 2.59. The van der Waals surface area contributed by atoms with Crippen LogP contribution in [-0.2, 0) is 0 Å². The van der Waals surface area contributed by atoms with Crippen molar-refractivity contribution in [2.45, 2.75) is 0 Å². The van der Waals surface area contributed by atoms with Gasteiger partial charge in [-0.2, -0.15) is 0 Å². The van der Waals surface area contributed by atoms with Crippen LogP contribution in [0.5, 0.6) is 0 Å². The van der Waals surface area contributed by atoms with Crippen LogP contribution in [0.25, 0.3) is 0 Å². The van der Waals surface area contributed by atoms with Crippen LogP contribution in [0.2, 0.25) is 0 Å². The third kappa shape index (κ3) is 30.1. The Labute approximate surface area is 70.0 Å². The Kier molecular flexibility index (Phi) is 874. The molecule has 0 aromatic carbocycles. The second kappa shape index (κ2) is 49.7. The average molecular weight is 212 g/mol. The predicted octanol–water partition coefficient (Wildman–Crippen LogP) is -1.52. The molecule has 13 radical (unpaired) electrons.